The zero-order valence-electron chi connectivity index (χ0n) is 9.66. The molecule has 2 heterocycles. The molecular formula is C12H13N3OS. The molecular weight excluding hydrogens is 234 g/mol. The summed E-state index contributed by atoms with van der Waals surface area (Å²) in [4.78, 5) is 12.6. The Morgan fingerprint density at radius 1 is 1.24 bits per heavy atom. The Morgan fingerprint density at radius 3 is 2.59 bits per heavy atom. The lowest BCUT2D eigenvalue weighted by Gasteiger charge is -2.08. The number of hydrogen-bond acceptors (Lipinski definition) is 5. The molecule has 0 fully saturated rings. The van der Waals surface area contributed by atoms with Gasteiger partial charge in [0.1, 0.15) is 5.03 Å². The number of nitrogens with zero attached hydrogens (tertiary/aromatic N) is 3. The highest BCUT2D eigenvalue weighted by atomic mass is 32.2. The first-order chi connectivity index (χ1) is 8.16. The first-order valence-corrected chi connectivity index (χ1v) is 6.08. The lowest BCUT2D eigenvalue weighted by Crippen LogP contribution is -1.97. The normalized spacial score (nSPS) is 12.4. The molecule has 0 bridgehead atoms. The van der Waals surface area contributed by atoms with E-state index in [0.717, 1.165) is 16.2 Å². The van der Waals surface area contributed by atoms with Crippen molar-refractivity contribution >= 4 is 11.8 Å². The van der Waals surface area contributed by atoms with E-state index < -0.39 is 6.10 Å². The third-order valence-electron chi connectivity index (χ3n) is 2.20. The molecule has 2 aromatic heterocycles. The SMILES string of the molecule is Cc1cnc(Sc2ncccc2[C@H](C)O)nc1. The molecule has 0 aliphatic rings. The first-order valence-electron chi connectivity index (χ1n) is 5.26. The largest absolute Gasteiger partial charge is 0.389 e. The van der Waals surface area contributed by atoms with Gasteiger partial charge in [0.25, 0.3) is 0 Å². The molecule has 0 amide bonds. The average molecular weight is 247 g/mol. The lowest BCUT2D eigenvalue weighted by atomic mass is 10.2. The molecule has 2 aromatic rings. The van der Waals surface area contributed by atoms with Crippen LogP contribution < -0.4 is 0 Å². The minimum atomic E-state index is -0.545. The van der Waals surface area contributed by atoms with Crippen molar-refractivity contribution < 1.29 is 5.11 Å². The van der Waals surface area contributed by atoms with E-state index in [1.54, 1.807) is 25.5 Å². The second-order valence-electron chi connectivity index (χ2n) is 3.72. The number of aliphatic hydroxyl groups is 1. The van der Waals surface area contributed by atoms with Gasteiger partial charge in [0, 0.05) is 24.2 Å². The third kappa shape index (κ3) is 3.01. The van der Waals surface area contributed by atoms with Crippen molar-refractivity contribution in [2.75, 3.05) is 0 Å². The Kier molecular flexibility index (Phi) is 3.71. The van der Waals surface area contributed by atoms with Crippen molar-refractivity contribution in [1.82, 2.24) is 15.0 Å². The molecule has 88 valence electrons. The van der Waals surface area contributed by atoms with E-state index >= 15 is 0 Å². The first kappa shape index (κ1) is 12.0. The van der Waals surface area contributed by atoms with Gasteiger partial charge in [-0.2, -0.15) is 0 Å². The van der Waals surface area contributed by atoms with E-state index in [0.29, 0.717) is 5.16 Å². The Labute approximate surface area is 104 Å². The van der Waals surface area contributed by atoms with Crippen LogP contribution in [0.25, 0.3) is 0 Å². The minimum Gasteiger partial charge on any atom is -0.389 e. The predicted octanol–water partition coefficient (Wildman–Crippen LogP) is 2.38. The molecule has 0 spiro atoms. The fraction of sp³-hybridized carbons (Fsp3) is 0.250. The summed E-state index contributed by atoms with van der Waals surface area (Å²) in [5.74, 6) is 0. The van der Waals surface area contributed by atoms with Gasteiger partial charge in [-0.1, -0.05) is 6.07 Å². The molecule has 0 aliphatic carbocycles. The van der Waals surface area contributed by atoms with Gasteiger partial charge >= 0.3 is 0 Å². The summed E-state index contributed by atoms with van der Waals surface area (Å²) in [5, 5.41) is 11.0. The number of pyridine rings is 1. The summed E-state index contributed by atoms with van der Waals surface area (Å²) in [6, 6.07) is 3.66. The highest BCUT2D eigenvalue weighted by Crippen LogP contribution is 2.28. The number of aromatic nitrogens is 3. The van der Waals surface area contributed by atoms with Crippen LogP contribution >= 0.6 is 11.8 Å². The molecule has 17 heavy (non-hydrogen) atoms. The van der Waals surface area contributed by atoms with Crippen molar-refractivity contribution in [1.29, 1.82) is 0 Å². The van der Waals surface area contributed by atoms with Crippen LogP contribution in [0.2, 0.25) is 0 Å². The van der Waals surface area contributed by atoms with Gasteiger partial charge in [-0.3, -0.25) is 0 Å². The molecule has 0 aromatic carbocycles. The molecule has 1 atom stereocenters. The fourth-order valence-electron chi connectivity index (χ4n) is 1.33. The molecule has 0 unspecified atom stereocenters. The van der Waals surface area contributed by atoms with Gasteiger partial charge in [-0.05, 0) is 37.2 Å². The zero-order chi connectivity index (χ0) is 12.3. The maximum Gasteiger partial charge on any atom is 0.193 e. The summed E-state index contributed by atoms with van der Waals surface area (Å²) in [7, 11) is 0. The molecule has 0 saturated carbocycles. The van der Waals surface area contributed by atoms with E-state index in [1.807, 2.05) is 19.1 Å². The number of rotatable bonds is 3. The minimum absolute atomic E-state index is 0.545. The van der Waals surface area contributed by atoms with Crippen LogP contribution in [0.1, 0.15) is 24.2 Å². The summed E-state index contributed by atoms with van der Waals surface area (Å²) < 4.78 is 0. The van der Waals surface area contributed by atoms with E-state index in [-0.39, 0.29) is 0 Å². The van der Waals surface area contributed by atoms with Crippen LogP contribution in [0.15, 0.2) is 40.9 Å². The molecule has 0 saturated heterocycles. The standard InChI is InChI=1S/C12H13N3OS/c1-8-6-14-12(15-7-8)17-11-10(9(2)16)4-3-5-13-11/h3-7,9,16H,1-2H3/t9-/m0/s1. The van der Waals surface area contributed by atoms with Crippen molar-refractivity contribution in [3.63, 3.8) is 0 Å². The van der Waals surface area contributed by atoms with E-state index in [2.05, 4.69) is 15.0 Å². The second-order valence-corrected chi connectivity index (χ2v) is 4.67. The van der Waals surface area contributed by atoms with Gasteiger partial charge in [-0.15, -0.1) is 0 Å². The van der Waals surface area contributed by atoms with E-state index in [1.165, 1.54) is 11.8 Å². The maximum absolute atomic E-state index is 9.63. The smallest absolute Gasteiger partial charge is 0.193 e. The second kappa shape index (κ2) is 5.25. The van der Waals surface area contributed by atoms with Crippen molar-refractivity contribution in [3.05, 3.63) is 41.9 Å². The Balaban J connectivity index is 2.26. The third-order valence-corrected chi connectivity index (χ3v) is 3.12. The van der Waals surface area contributed by atoms with Gasteiger partial charge in [0.05, 0.1) is 6.10 Å². The summed E-state index contributed by atoms with van der Waals surface area (Å²) in [6.45, 7) is 3.66. The van der Waals surface area contributed by atoms with Crippen LogP contribution in [0.5, 0.6) is 0 Å². The van der Waals surface area contributed by atoms with Gasteiger partial charge < -0.3 is 5.11 Å². The van der Waals surface area contributed by atoms with E-state index in [9.17, 15) is 5.11 Å². The predicted molar refractivity (Wildman–Crippen MR) is 65.8 cm³/mol. The van der Waals surface area contributed by atoms with Gasteiger partial charge in [0.15, 0.2) is 5.16 Å². The molecule has 0 aliphatic heterocycles. The monoisotopic (exact) mass is 247 g/mol. The van der Waals surface area contributed by atoms with Crippen LogP contribution in [-0.4, -0.2) is 20.1 Å². The number of aryl methyl sites for hydroxylation is 1. The van der Waals surface area contributed by atoms with Gasteiger partial charge in [0.2, 0.25) is 0 Å². The Morgan fingerprint density at radius 2 is 1.94 bits per heavy atom. The quantitative estimate of drug-likeness (QED) is 0.844. The molecule has 0 radical (unpaired) electrons. The Bertz CT molecular complexity index is 499. The lowest BCUT2D eigenvalue weighted by molar-refractivity contribution is 0.195. The summed E-state index contributed by atoms with van der Waals surface area (Å²) >= 11 is 1.36. The number of aliphatic hydroxyl groups excluding tert-OH is 1. The zero-order valence-corrected chi connectivity index (χ0v) is 10.5. The molecule has 2 rings (SSSR count). The van der Waals surface area contributed by atoms with Crippen LogP contribution in [0.4, 0.5) is 0 Å². The molecule has 1 N–H and O–H groups in total. The van der Waals surface area contributed by atoms with Crippen LogP contribution in [0.3, 0.4) is 0 Å². The Hall–Kier alpha value is -1.46. The fourth-order valence-corrected chi connectivity index (χ4v) is 2.18. The summed E-state index contributed by atoms with van der Waals surface area (Å²) in [6.07, 6.45) is 4.68. The maximum atomic E-state index is 9.63. The highest BCUT2D eigenvalue weighted by molar-refractivity contribution is 7.99. The average Bonchev–Trinajstić information content (AvgIpc) is 2.32. The van der Waals surface area contributed by atoms with Crippen molar-refractivity contribution in [2.24, 2.45) is 0 Å². The van der Waals surface area contributed by atoms with Crippen molar-refractivity contribution in [3.8, 4) is 0 Å². The highest BCUT2D eigenvalue weighted by Gasteiger charge is 2.11. The molecule has 5 heteroatoms. The molecule has 4 nitrogen and oxygen atoms in total. The number of hydrogen-bond donors (Lipinski definition) is 1. The topological polar surface area (TPSA) is 58.9 Å². The van der Waals surface area contributed by atoms with Crippen LogP contribution in [-0.2, 0) is 0 Å². The van der Waals surface area contributed by atoms with Crippen LogP contribution in [0, 0.1) is 6.92 Å². The summed E-state index contributed by atoms with van der Waals surface area (Å²) in [5.41, 5.74) is 1.81. The van der Waals surface area contributed by atoms with Crippen molar-refractivity contribution in [2.45, 2.75) is 30.1 Å². The van der Waals surface area contributed by atoms with E-state index in [4.69, 9.17) is 0 Å². The van der Waals surface area contributed by atoms with Gasteiger partial charge in [-0.25, -0.2) is 15.0 Å².